The van der Waals surface area contributed by atoms with Gasteiger partial charge < -0.3 is 63.8 Å². The Hall–Kier alpha value is -2.03. The molecule has 8 fully saturated rings. The molecular formula is C46H66ClNO15. The minimum atomic E-state index is -1.83. The molecule has 1 aromatic rings. The average molecular weight is 908 g/mol. The molecule has 4 heterocycles. The van der Waals surface area contributed by atoms with Crippen molar-refractivity contribution >= 4 is 29.2 Å². The van der Waals surface area contributed by atoms with Gasteiger partial charge in [0.25, 0.3) is 0 Å². The minimum absolute atomic E-state index is 0.0465. The summed E-state index contributed by atoms with van der Waals surface area (Å²) < 4.78 is 42.6. The van der Waals surface area contributed by atoms with Crippen LogP contribution in [-0.2, 0) is 38.0 Å². The fraction of sp³-hybridized carbons (Fsp3) is 0.826. The van der Waals surface area contributed by atoms with Crippen molar-refractivity contribution in [3.63, 3.8) is 0 Å². The highest BCUT2D eigenvalue weighted by Gasteiger charge is 2.71. The van der Waals surface area contributed by atoms with Crippen molar-refractivity contribution in [1.82, 2.24) is 0 Å². The Balaban J connectivity index is 0.804. The number of ether oxygens (including phenoxy) is 7. The van der Waals surface area contributed by atoms with Crippen LogP contribution >= 0.6 is 11.6 Å². The van der Waals surface area contributed by atoms with Gasteiger partial charge in [-0.1, -0.05) is 39.3 Å². The van der Waals surface area contributed by atoms with Gasteiger partial charge in [-0.25, -0.2) is 4.79 Å². The molecule has 63 heavy (non-hydrogen) atoms. The Morgan fingerprint density at radius 1 is 0.857 bits per heavy atom. The molecule has 8 aliphatic rings. The summed E-state index contributed by atoms with van der Waals surface area (Å²) >= 11 is 5.89. The van der Waals surface area contributed by atoms with Crippen LogP contribution in [0.15, 0.2) is 24.3 Å². The van der Waals surface area contributed by atoms with E-state index in [1.165, 1.54) is 0 Å². The number of fused-ring (bicyclic) bond motifs is 7. The van der Waals surface area contributed by atoms with E-state index in [0.717, 1.165) is 45.1 Å². The molecule has 1 aromatic carbocycles. The van der Waals surface area contributed by atoms with Gasteiger partial charge in [-0.3, -0.25) is 10.1 Å². The number of carbonyl (C=O) groups is 2. The van der Waals surface area contributed by atoms with Crippen molar-refractivity contribution in [2.75, 3.05) is 25.1 Å². The average Bonchev–Trinajstić information content (AvgIpc) is 3.70. The summed E-state index contributed by atoms with van der Waals surface area (Å²) in [7, 11) is 0. The number of amides is 1. The SMILES string of the molecule is CC1C2C(C[C@H]3[C@@H]4CC[C@H]5C[C@@H](O[C@@H]6O[C@H](CO)[C@@H](O[C@@H]7O[C@H](COC(=O)Nc8ccc(Cl)cc8)[C@@H](O)[C@H](O)[C@H]7O)[C@H](O)[C@H]6O)CC[C@]5(C)[C@H]4C(=O)C[C@]23C)O[C@]12CC[C@@H](C)CO2. The molecule has 9 rings (SSSR count). The molecule has 1 spiro atoms. The summed E-state index contributed by atoms with van der Waals surface area (Å²) in [6, 6.07) is 6.25. The number of hydrogen-bond donors (Lipinski definition) is 7. The largest absolute Gasteiger partial charge is 0.446 e. The zero-order valence-corrected chi connectivity index (χ0v) is 37.3. The van der Waals surface area contributed by atoms with Crippen molar-refractivity contribution in [1.29, 1.82) is 0 Å². The highest BCUT2D eigenvalue weighted by atomic mass is 35.5. The molecule has 4 aliphatic heterocycles. The Morgan fingerprint density at radius 3 is 2.29 bits per heavy atom. The van der Waals surface area contributed by atoms with Gasteiger partial charge in [0.1, 0.15) is 61.2 Å². The topological polar surface area (TPSA) is 232 Å². The van der Waals surface area contributed by atoms with Gasteiger partial charge in [-0.05, 0) is 110 Å². The molecule has 1 amide bonds. The molecule has 4 aliphatic carbocycles. The smallest absolute Gasteiger partial charge is 0.411 e. The second-order valence-corrected chi connectivity index (χ2v) is 21.2. The van der Waals surface area contributed by atoms with E-state index >= 15 is 0 Å². The first-order valence-corrected chi connectivity index (χ1v) is 23.5. The van der Waals surface area contributed by atoms with Crippen molar-refractivity contribution < 1.29 is 73.4 Å². The van der Waals surface area contributed by atoms with Crippen molar-refractivity contribution in [2.24, 2.45) is 52.3 Å². The van der Waals surface area contributed by atoms with Crippen molar-refractivity contribution in [2.45, 2.75) is 165 Å². The molecule has 16 nitrogen and oxygen atoms in total. The predicted molar refractivity (Wildman–Crippen MR) is 223 cm³/mol. The number of benzene rings is 1. The van der Waals surface area contributed by atoms with Crippen LogP contribution in [0.2, 0.25) is 5.02 Å². The normalized spacial score (nSPS) is 50.6. The summed E-state index contributed by atoms with van der Waals surface area (Å²) in [6.07, 6.45) is -9.47. The first-order valence-electron chi connectivity index (χ1n) is 23.1. The number of rotatable bonds is 8. The highest BCUT2D eigenvalue weighted by Crippen LogP contribution is 2.70. The fourth-order valence-corrected chi connectivity index (χ4v) is 14.0. The number of ketones is 1. The lowest BCUT2D eigenvalue weighted by molar-refractivity contribution is -0.364. The van der Waals surface area contributed by atoms with E-state index in [9.17, 15) is 40.2 Å². The maximum atomic E-state index is 14.6. The monoisotopic (exact) mass is 907 g/mol. The summed E-state index contributed by atoms with van der Waals surface area (Å²) in [6.45, 7) is 8.65. The lowest BCUT2D eigenvalue weighted by atomic mass is 9.44. The number of anilines is 1. The zero-order chi connectivity index (χ0) is 44.7. The molecular weight excluding hydrogens is 842 g/mol. The summed E-state index contributed by atoms with van der Waals surface area (Å²) in [4.78, 5) is 27.0. The quantitative estimate of drug-likeness (QED) is 0.185. The Bertz CT molecular complexity index is 1820. The first kappa shape index (κ1) is 46.1. The van der Waals surface area contributed by atoms with Gasteiger partial charge in [0.05, 0.1) is 25.4 Å². The first-order chi connectivity index (χ1) is 30.0. The predicted octanol–water partition coefficient (Wildman–Crippen LogP) is 3.53. The van der Waals surface area contributed by atoms with Gasteiger partial charge in [-0.15, -0.1) is 0 Å². The van der Waals surface area contributed by atoms with E-state index in [0.29, 0.717) is 59.4 Å². The third-order valence-corrected chi connectivity index (χ3v) is 17.4. The number of halogens is 1. The standard InChI is InChI=1S/C46H66ClNO15/c1-21-11-14-46(58-19-21)22(2)33-30(63-46)16-28-27-10-5-23-15-26(12-13-44(23,3)34(27)29(50)17-45(28,33)4)59-41-39(55)37(53)40(31(18-49)60-41)62-42-38(54)36(52)35(51)32(61-42)20-57-43(56)48-25-8-6-24(47)7-9-25/h6-9,21-23,26-28,30-42,49,51-55H,5,10-20H2,1-4H3,(H,48,56)/t21-,22?,23+,26+,27+,28+,30?,31-,32-,33?,34-,35-,36+,37-,38-,39-,40-,41-,42+,44+,45+,46-/m1/s1. The number of aliphatic hydroxyl groups is 6. The van der Waals surface area contributed by atoms with Crippen molar-refractivity contribution in [3.8, 4) is 0 Å². The Morgan fingerprint density at radius 2 is 1.57 bits per heavy atom. The van der Waals surface area contributed by atoms with Crippen LogP contribution in [0.5, 0.6) is 0 Å². The molecule has 7 N–H and O–H groups in total. The summed E-state index contributed by atoms with van der Waals surface area (Å²) in [5.41, 5.74) is 0.0492. The maximum absolute atomic E-state index is 14.6. The van der Waals surface area contributed by atoms with Crippen LogP contribution in [-0.4, -0.2) is 142 Å². The second-order valence-electron chi connectivity index (χ2n) is 20.7. The number of carbonyl (C=O) groups excluding carboxylic acids is 2. The van der Waals surface area contributed by atoms with Gasteiger partial charge >= 0.3 is 6.09 Å². The molecule has 0 radical (unpaired) electrons. The Labute approximate surface area is 373 Å². The molecule has 3 unspecified atom stereocenters. The van der Waals surface area contributed by atoms with E-state index in [1.54, 1.807) is 24.3 Å². The molecule has 4 saturated heterocycles. The lowest BCUT2D eigenvalue weighted by Gasteiger charge is -2.60. The molecule has 4 saturated carbocycles. The molecule has 22 atom stereocenters. The lowest BCUT2D eigenvalue weighted by Crippen LogP contribution is -2.65. The van der Waals surface area contributed by atoms with Crippen LogP contribution < -0.4 is 5.32 Å². The minimum Gasteiger partial charge on any atom is -0.446 e. The molecule has 0 bridgehead atoms. The van der Waals surface area contributed by atoms with E-state index in [1.807, 2.05) is 0 Å². The molecule has 352 valence electrons. The van der Waals surface area contributed by atoms with Crippen molar-refractivity contribution in [3.05, 3.63) is 29.3 Å². The summed E-state index contributed by atoms with van der Waals surface area (Å²) in [5.74, 6) is 1.73. The van der Waals surface area contributed by atoms with Crippen LogP contribution in [0.1, 0.15) is 85.5 Å². The molecule has 0 aromatic heterocycles. The Kier molecular flexibility index (Phi) is 12.9. The van der Waals surface area contributed by atoms with Crippen LogP contribution in [0, 0.1) is 52.3 Å². The maximum Gasteiger partial charge on any atom is 0.411 e. The highest BCUT2D eigenvalue weighted by molar-refractivity contribution is 6.30. The van der Waals surface area contributed by atoms with Gasteiger partial charge in [-0.2, -0.15) is 0 Å². The van der Waals surface area contributed by atoms with Gasteiger partial charge in [0, 0.05) is 35.4 Å². The number of aliphatic hydroxyl groups excluding tert-OH is 6. The van der Waals surface area contributed by atoms with E-state index in [4.69, 9.17) is 44.8 Å². The van der Waals surface area contributed by atoms with E-state index in [-0.39, 0.29) is 40.8 Å². The van der Waals surface area contributed by atoms with E-state index in [2.05, 4.69) is 33.0 Å². The van der Waals surface area contributed by atoms with Crippen LogP contribution in [0.3, 0.4) is 0 Å². The van der Waals surface area contributed by atoms with E-state index < -0.39 is 86.5 Å². The van der Waals surface area contributed by atoms with Crippen LogP contribution in [0.25, 0.3) is 0 Å². The third-order valence-electron chi connectivity index (χ3n) is 17.1. The fourth-order valence-electron chi connectivity index (χ4n) is 13.9. The van der Waals surface area contributed by atoms with Crippen LogP contribution in [0.4, 0.5) is 10.5 Å². The second kappa shape index (κ2) is 17.6. The molecule has 17 heteroatoms. The number of hydrogen-bond acceptors (Lipinski definition) is 15. The number of Topliss-reactive ketones (excluding diaryl/α,β-unsaturated/α-hetero) is 1. The van der Waals surface area contributed by atoms with Gasteiger partial charge in [0.15, 0.2) is 18.4 Å². The summed E-state index contributed by atoms with van der Waals surface area (Å²) in [5, 5.41) is 68.2. The number of nitrogens with one attached hydrogen (secondary N) is 1. The third kappa shape index (κ3) is 8.08. The van der Waals surface area contributed by atoms with Gasteiger partial charge in [0.2, 0.25) is 0 Å². The zero-order valence-electron chi connectivity index (χ0n) is 36.5.